The molecule has 0 fully saturated rings. The number of imidazole rings is 1. The summed E-state index contributed by atoms with van der Waals surface area (Å²) in [5.41, 5.74) is 6.29. The molecule has 2 rings (SSSR count). The van der Waals surface area contributed by atoms with Crippen LogP contribution in [0.15, 0.2) is 43.0 Å². The first kappa shape index (κ1) is 12.2. The van der Waals surface area contributed by atoms with E-state index in [1.54, 1.807) is 19.6 Å². The van der Waals surface area contributed by atoms with Gasteiger partial charge in [-0.1, -0.05) is 12.1 Å². The summed E-state index contributed by atoms with van der Waals surface area (Å²) >= 11 is 0. The number of nitrogens with zero attached hydrogens (tertiary/aromatic N) is 2. The van der Waals surface area contributed by atoms with Crippen molar-refractivity contribution in [3.63, 3.8) is 0 Å². The van der Waals surface area contributed by atoms with Crippen molar-refractivity contribution < 1.29 is 9.53 Å². The van der Waals surface area contributed by atoms with Crippen LogP contribution in [0, 0.1) is 0 Å². The van der Waals surface area contributed by atoms with E-state index in [0.29, 0.717) is 0 Å². The summed E-state index contributed by atoms with van der Waals surface area (Å²) in [7, 11) is 1.62. The minimum atomic E-state index is -0.343. The molecule has 2 aromatic rings. The Bertz CT molecular complexity index is 506. The fraction of sp³-hybridized carbons (Fsp3) is 0.231. The van der Waals surface area contributed by atoms with Crippen LogP contribution in [0.1, 0.15) is 18.0 Å². The van der Waals surface area contributed by atoms with E-state index in [0.717, 1.165) is 11.3 Å². The van der Waals surface area contributed by atoms with Crippen molar-refractivity contribution in [2.75, 3.05) is 7.11 Å². The van der Waals surface area contributed by atoms with Gasteiger partial charge in [-0.25, -0.2) is 4.98 Å². The summed E-state index contributed by atoms with van der Waals surface area (Å²) in [5, 5.41) is 0. The number of nitrogens with two attached hydrogens (primary N) is 1. The molecule has 1 heterocycles. The van der Waals surface area contributed by atoms with Crippen molar-refractivity contribution in [2.24, 2.45) is 5.73 Å². The van der Waals surface area contributed by atoms with Crippen molar-refractivity contribution in [3.05, 3.63) is 48.5 Å². The lowest BCUT2D eigenvalue weighted by atomic mass is 10.0. The van der Waals surface area contributed by atoms with E-state index in [9.17, 15) is 4.79 Å². The van der Waals surface area contributed by atoms with Crippen LogP contribution < -0.4 is 10.5 Å². The first-order chi connectivity index (χ1) is 8.70. The normalized spacial score (nSPS) is 12.1. The van der Waals surface area contributed by atoms with Crippen molar-refractivity contribution >= 4 is 5.91 Å². The maximum Gasteiger partial charge on any atom is 0.219 e. The number of carbonyl (C=O) groups is 1. The lowest BCUT2D eigenvalue weighted by molar-refractivity contribution is -0.118. The molecule has 0 aliphatic rings. The molecule has 1 atom stereocenters. The highest BCUT2D eigenvalue weighted by atomic mass is 16.5. The fourth-order valence-corrected chi connectivity index (χ4v) is 1.87. The Morgan fingerprint density at radius 2 is 2.17 bits per heavy atom. The molecule has 0 bridgehead atoms. The summed E-state index contributed by atoms with van der Waals surface area (Å²) in [6.45, 7) is 0. The SMILES string of the molecule is COc1ccc(C(CC(N)=O)n2ccnc2)cc1. The zero-order valence-electron chi connectivity index (χ0n) is 10.1. The second kappa shape index (κ2) is 5.35. The van der Waals surface area contributed by atoms with Gasteiger partial charge in [-0.2, -0.15) is 0 Å². The third kappa shape index (κ3) is 2.68. The van der Waals surface area contributed by atoms with Crippen LogP contribution in [0.25, 0.3) is 0 Å². The Labute approximate surface area is 105 Å². The van der Waals surface area contributed by atoms with E-state index in [2.05, 4.69) is 4.98 Å². The monoisotopic (exact) mass is 245 g/mol. The number of primary amides is 1. The number of hydrogen-bond acceptors (Lipinski definition) is 3. The van der Waals surface area contributed by atoms with Crippen molar-refractivity contribution in [1.82, 2.24) is 9.55 Å². The number of hydrogen-bond donors (Lipinski definition) is 1. The van der Waals surface area contributed by atoms with E-state index in [4.69, 9.17) is 10.5 Å². The smallest absolute Gasteiger partial charge is 0.219 e. The summed E-state index contributed by atoms with van der Waals surface area (Å²) < 4.78 is 6.98. The van der Waals surface area contributed by atoms with Crippen molar-refractivity contribution in [3.8, 4) is 5.75 Å². The summed E-state index contributed by atoms with van der Waals surface area (Å²) in [5.74, 6) is 0.437. The van der Waals surface area contributed by atoms with Crippen LogP contribution in [0.3, 0.4) is 0 Å². The highest BCUT2D eigenvalue weighted by molar-refractivity contribution is 5.74. The third-order valence-corrected chi connectivity index (χ3v) is 2.78. The first-order valence-corrected chi connectivity index (χ1v) is 5.60. The summed E-state index contributed by atoms with van der Waals surface area (Å²) in [6, 6.07) is 7.44. The Hall–Kier alpha value is -2.30. The zero-order chi connectivity index (χ0) is 13.0. The topological polar surface area (TPSA) is 70.1 Å². The number of amides is 1. The Morgan fingerprint density at radius 1 is 1.44 bits per heavy atom. The van der Waals surface area contributed by atoms with E-state index >= 15 is 0 Å². The number of benzene rings is 1. The number of ether oxygens (including phenoxy) is 1. The van der Waals surface area contributed by atoms with Gasteiger partial charge < -0.3 is 15.0 Å². The van der Waals surface area contributed by atoms with Gasteiger partial charge in [0.05, 0.1) is 25.9 Å². The molecule has 1 amide bonds. The Morgan fingerprint density at radius 3 is 2.67 bits per heavy atom. The summed E-state index contributed by atoms with van der Waals surface area (Å²) in [4.78, 5) is 15.2. The van der Waals surface area contributed by atoms with E-state index in [1.807, 2.05) is 35.0 Å². The highest BCUT2D eigenvalue weighted by Crippen LogP contribution is 2.23. The van der Waals surface area contributed by atoms with E-state index in [1.165, 1.54) is 0 Å². The second-order valence-corrected chi connectivity index (χ2v) is 3.97. The second-order valence-electron chi connectivity index (χ2n) is 3.97. The maximum atomic E-state index is 11.2. The van der Waals surface area contributed by atoms with Gasteiger partial charge in [0.25, 0.3) is 0 Å². The van der Waals surface area contributed by atoms with E-state index in [-0.39, 0.29) is 18.4 Å². The lowest BCUT2D eigenvalue weighted by Crippen LogP contribution is -2.19. The van der Waals surface area contributed by atoms with Gasteiger partial charge in [-0.3, -0.25) is 4.79 Å². The summed E-state index contributed by atoms with van der Waals surface area (Å²) in [6.07, 6.45) is 5.41. The molecule has 5 nitrogen and oxygen atoms in total. The van der Waals surface area contributed by atoms with Crippen LogP contribution in [-0.4, -0.2) is 22.6 Å². The van der Waals surface area contributed by atoms with Gasteiger partial charge in [-0.15, -0.1) is 0 Å². The molecule has 0 saturated heterocycles. The minimum absolute atomic E-state index is 0.129. The molecular weight excluding hydrogens is 230 g/mol. The largest absolute Gasteiger partial charge is 0.497 e. The number of carbonyl (C=O) groups excluding carboxylic acids is 1. The van der Waals surface area contributed by atoms with Gasteiger partial charge in [0, 0.05) is 12.4 Å². The van der Waals surface area contributed by atoms with Crippen molar-refractivity contribution in [1.29, 1.82) is 0 Å². The van der Waals surface area contributed by atoms with Gasteiger partial charge in [0.15, 0.2) is 0 Å². The molecule has 18 heavy (non-hydrogen) atoms. The van der Waals surface area contributed by atoms with Gasteiger partial charge in [0.1, 0.15) is 5.75 Å². The molecule has 0 aliphatic heterocycles. The average molecular weight is 245 g/mol. The number of rotatable bonds is 5. The Kier molecular flexibility index (Phi) is 3.62. The quantitative estimate of drug-likeness (QED) is 0.864. The average Bonchev–Trinajstić information content (AvgIpc) is 2.89. The molecule has 0 spiro atoms. The van der Waals surface area contributed by atoms with Crippen LogP contribution in [-0.2, 0) is 4.79 Å². The van der Waals surface area contributed by atoms with Gasteiger partial charge in [0.2, 0.25) is 5.91 Å². The predicted octanol–water partition coefficient (Wildman–Crippen LogP) is 1.36. The molecule has 1 unspecified atom stereocenters. The number of methoxy groups -OCH3 is 1. The molecule has 1 aromatic carbocycles. The standard InChI is InChI=1S/C13H15N3O2/c1-18-11-4-2-10(3-5-11)12(8-13(14)17)16-7-6-15-9-16/h2-7,9,12H,8H2,1H3,(H2,14,17). The molecule has 0 radical (unpaired) electrons. The highest BCUT2D eigenvalue weighted by Gasteiger charge is 2.15. The van der Waals surface area contributed by atoms with E-state index < -0.39 is 0 Å². The number of aromatic nitrogens is 2. The van der Waals surface area contributed by atoms with Gasteiger partial charge >= 0.3 is 0 Å². The molecule has 0 saturated carbocycles. The van der Waals surface area contributed by atoms with Crippen LogP contribution in [0.4, 0.5) is 0 Å². The zero-order valence-corrected chi connectivity index (χ0v) is 10.1. The molecule has 2 N–H and O–H groups in total. The Balaban J connectivity index is 2.30. The molecule has 1 aromatic heterocycles. The molecule has 0 aliphatic carbocycles. The molecular formula is C13H15N3O2. The lowest BCUT2D eigenvalue weighted by Gasteiger charge is -2.17. The third-order valence-electron chi connectivity index (χ3n) is 2.78. The van der Waals surface area contributed by atoms with Crippen LogP contribution in [0.5, 0.6) is 5.75 Å². The first-order valence-electron chi connectivity index (χ1n) is 5.60. The van der Waals surface area contributed by atoms with Crippen LogP contribution >= 0.6 is 0 Å². The molecule has 5 heteroatoms. The molecule has 94 valence electrons. The van der Waals surface area contributed by atoms with Crippen LogP contribution in [0.2, 0.25) is 0 Å². The van der Waals surface area contributed by atoms with Crippen molar-refractivity contribution in [2.45, 2.75) is 12.5 Å². The maximum absolute atomic E-state index is 11.2. The fourth-order valence-electron chi connectivity index (χ4n) is 1.87. The van der Waals surface area contributed by atoms with Gasteiger partial charge in [-0.05, 0) is 17.7 Å². The minimum Gasteiger partial charge on any atom is -0.497 e. The predicted molar refractivity (Wildman–Crippen MR) is 67.2 cm³/mol.